The molecule has 2 aromatic rings. The molecule has 0 fully saturated rings. The number of phenolic OH excluding ortho intramolecular Hbond substituents is 1. The normalized spacial score (nSPS) is 11.2. The lowest BCUT2D eigenvalue weighted by Gasteiger charge is -2.20. The summed E-state index contributed by atoms with van der Waals surface area (Å²) in [5, 5.41) is 20.8. The van der Waals surface area contributed by atoms with Gasteiger partial charge < -0.3 is 19.4 Å². The Morgan fingerprint density at radius 2 is 1.71 bits per heavy atom. The zero-order valence-electron chi connectivity index (χ0n) is 16.4. The van der Waals surface area contributed by atoms with Crippen molar-refractivity contribution in [3.05, 3.63) is 64.0 Å². The molecule has 12 heteroatoms. The minimum atomic E-state index is -1.21. The zero-order valence-corrected chi connectivity index (χ0v) is 24.9. The number of carboxylic acids is 1. The number of carbonyl (C=O) groups excluding carboxylic acids is 1. The number of ether oxygens (including phenoxy) is 1. The summed E-state index contributed by atoms with van der Waals surface area (Å²) in [6.07, 6.45) is 0. The second-order valence-corrected chi connectivity index (χ2v) is 10.9. The van der Waals surface area contributed by atoms with Crippen LogP contribution >= 0.6 is 86.3 Å². The number of carboxylic acid groups (broad SMARTS) is 1. The number of hydrogen-bond donors (Lipinski definition) is 2. The van der Waals surface area contributed by atoms with Crippen LogP contribution in [-0.4, -0.2) is 26.6 Å². The monoisotopic (exact) mass is 828 g/mol. The highest BCUT2D eigenvalue weighted by atomic mass is 127. The van der Waals surface area contributed by atoms with Crippen molar-refractivity contribution in [3.8, 4) is 33.9 Å². The summed E-state index contributed by atoms with van der Waals surface area (Å²) < 4.78 is 12.3. The van der Waals surface area contributed by atoms with Gasteiger partial charge in [0.05, 0.1) is 18.9 Å². The first-order valence-electron chi connectivity index (χ1n) is 9.15. The molecule has 1 heterocycles. The Bertz CT molecular complexity index is 1550. The Kier molecular flexibility index (Phi) is 7.44. The van der Waals surface area contributed by atoms with E-state index < -0.39 is 11.9 Å². The molecule has 0 unspecified atom stereocenters. The van der Waals surface area contributed by atoms with Crippen LogP contribution in [0.2, 0.25) is 0 Å². The van der Waals surface area contributed by atoms with Gasteiger partial charge in [0.2, 0.25) is 5.43 Å². The smallest absolute Gasteiger partial charge is 0.336 e. The van der Waals surface area contributed by atoms with Crippen molar-refractivity contribution in [1.82, 2.24) is 0 Å². The number of carbonyl (C=O) groups is 2. The van der Waals surface area contributed by atoms with Gasteiger partial charge in [0.15, 0.2) is 11.3 Å². The van der Waals surface area contributed by atoms with Gasteiger partial charge >= 0.3 is 11.9 Å². The number of halogens is 5. The van der Waals surface area contributed by atoms with Gasteiger partial charge in [-0.05, 0) is 94.1 Å². The van der Waals surface area contributed by atoms with E-state index in [0.717, 1.165) is 0 Å². The number of rotatable bonds is 4. The first-order chi connectivity index (χ1) is 16.0. The van der Waals surface area contributed by atoms with Crippen molar-refractivity contribution in [2.24, 2.45) is 0 Å². The Morgan fingerprint density at radius 1 is 1.00 bits per heavy atom. The Labute approximate surface area is 238 Å². The van der Waals surface area contributed by atoms with E-state index >= 15 is 0 Å². The highest BCUT2D eigenvalue weighted by Gasteiger charge is 2.28. The molecule has 2 aliphatic rings. The molecule has 7 nitrogen and oxygen atoms in total. The molecule has 0 radical (unpaired) electrons. The SMILES string of the molecule is O=C(CI)Oc1ccc(C(=O)O)c(-c2c3cc(Br)c(=O)c(Br)c-3oc3c(Br)c(O)c(Br)cc23)c1. The van der Waals surface area contributed by atoms with E-state index in [1.54, 1.807) is 6.07 Å². The largest absolute Gasteiger partial charge is 0.505 e. The van der Waals surface area contributed by atoms with Gasteiger partial charge in [-0.15, -0.1) is 0 Å². The maximum atomic E-state index is 12.6. The summed E-state index contributed by atoms with van der Waals surface area (Å²) >= 11 is 15.0. The molecular weight excluding hydrogens is 823 g/mol. The molecule has 34 heavy (non-hydrogen) atoms. The molecule has 1 aliphatic heterocycles. The predicted octanol–water partition coefficient (Wildman–Crippen LogP) is 7.36. The molecule has 0 aromatic heterocycles. The van der Waals surface area contributed by atoms with Crippen molar-refractivity contribution in [2.45, 2.75) is 0 Å². The fraction of sp³-hybridized carbons (Fsp3) is 0.0455. The zero-order chi connectivity index (χ0) is 24.9. The average Bonchev–Trinajstić information content (AvgIpc) is 2.80. The fourth-order valence-electron chi connectivity index (χ4n) is 3.42. The summed E-state index contributed by atoms with van der Waals surface area (Å²) in [4.78, 5) is 36.6. The van der Waals surface area contributed by atoms with Crippen LogP contribution in [0.4, 0.5) is 0 Å². The highest BCUT2D eigenvalue weighted by molar-refractivity contribution is 14.1. The van der Waals surface area contributed by atoms with Crippen LogP contribution in [0.15, 0.2) is 57.4 Å². The lowest BCUT2D eigenvalue weighted by atomic mass is 9.90. The van der Waals surface area contributed by atoms with Crippen molar-refractivity contribution < 1.29 is 29.0 Å². The molecule has 4 rings (SSSR count). The van der Waals surface area contributed by atoms with Gasteiger partial charge in [0, 0.05) is 22.1 Å². The maximum absolute atomic E-state index is 12.6. The predicted molar refractivity (Wildman–Crippen MR) is 148 cm³/mol. The molecule has 0 saturated carbocycles. The second kappa shape index (κ2) is 9.88. The van der Waals surface area contributed by atoms with Crippen molar-refractivity contribution in [2.75, 3.05) is 4.43 Å². The summed E-state index contributed by atoms with van der Waals surface area (Å²) in [6.45, 7) is 0. The standard InChI is InChI=1S/C22H9Br4IO7/c23-12-4-10-15(9-3-7(33-14(28)6-27)1-2-8(9)22(31)32)11-5-13(24)19(30)17(26)21(11)34-20(10)16(25)18(12)29/h1-5,29H,6H2,(H,31,32). The van der Waals surface area contributed by atoms with Crippen LogP contribution < -0.4 is 10.2 Å². The Balaban J connectivity index is 2.25. The van der Waals surface area contributed by atoms with E-state index in [2.05, 4.69) is 63.7 Å². The number of benzene rings is 3. The number of esters is 1. The second-order valence-electron chi connectivity index (χ2n) is 6.87. The molecule has 2 N–H and O–H groups in total. The number of alkyl halides is 1. The van der Waals surface area contributed by atoms with Crippen molar-refractivity contribution >= 4 is 109 Å². The number of fused-ring (bicyclic) bond motifs is 2. The fourth-order valence-corrected chi connectivity index (χ4v) is 5.98. The van der Waals surface area contributed by atoms with E-state index in [1.165, 1.54) is 24.3 Å². The van der Waals surface area contributed by atoms with Gasteiger partial charge in [-0.1, -0.05) is 22.6 Å². The number of aromatic carboxylic acids is 1. The van der Waals surface area contributed by atoms with E-state index in [4.69, 9.17) is 9.15 Å². The molecule has 174 valence electrons. The topological polar surface area (TPSA) is 114 Å². The van der Waals surface area contributed by atoms with Crippen LogP contribution in [-0.2, 0) is 4.79 Å². The van der Waals surface area contributed by atoms with Gasteiger partial charge in [-0.2, -0.15) is 0 Å². The average molecular weight is 832 g/mol. The van der Waals surface area contributed by atoms with E-state index in [-0.39, 0.29) is 57.2 Å². The lowest BCUT2D eigenvalue weighted by Crippen LogP contribution is -2.10. The molecule has 0 bridgehead atoms. The first kappa shape index (κ1) is 25.6. The van der Waals surface area contributed by atoms with E-state index in [0.29, 0.717) is 21.0 Å². The van der Waals surface area contributed by atoms with Crippen LogP contribution in [0.5, 0.6) is 11.5 Å². The summed E-state index contributed by atoms with van der Waals surface area (Å²) in [5.74, 6) is -1.55. The molecule has 0 saturated heterocycles. The molecule has 1 aliphatic carbocycles. The number of hydrogen-bond acceptors (Lipinski definition) is 6. The summed E-state index contributed by atoms with van der Waals surface area (Å²) in [6, 6.07) is 7.30. The van der Waals surface area contributed by atoms with E-state index in [1.807, 2.05) is 22.6 Å². The Hall–Kier alpha value is -1.48. The van der Waals surface area contributed by atoms with Gasteiger partial charge in [-0.25, -0.2) is 4.79 Å². The van der Waals surface area contributed by atoms with Crippen LogP contribution in [0.3, 0.4) is 0 Å². The third-order valence-corrected chi connectivity index (χ3v) is 8.13. The lowest BCUT2D eigenvalue weighted by molar-refractivity contribution is -0.131. The van der Waals surface area contributed by atoms with Gasteiger partial charge in [-0.3, -0.25) is 9.59 Å². The van der Waals surface area contributed by atoms with Crippen LogP contribution in [0.1, 0.15) is 10.4 Å². The molecule has 0 atom stereocenters. The van der Waals surface area contributed by atoms with Crippen LogP contribution in [0.25, 0.3) is 33.4 Å². The van der Waals surface area contributed by atoms with Crippen LogP contribution in [0, 0.1) is 0 Å². The molecule has 2 aromatic carbocycles. The van der Waals surface area contributed by atoms with Gasteiger partial charge in [0.25, 0.3) is 0 Å². The van der Waals surface area contributed by atoms with E-state index in [9.17, 15) is 24.6 Å². The summed E-state index contributed by atoms with van der Waals surface area (Å²) in [5.41, 5.74) is 0.763. The number of aromatic hydroxyl groups is 1. The van der Waals surface area contributed by atoms with Gasteiger partial charge in [0.1, 0.15) is 20.4 Å². The van der Waals surface area contributed by atoms with Crippen molar-refractivity contribution in [3.63, 3.8) is 0 Å². The Morgan fingerprint density at radius 3 is 2.35 bits per heavy atom. The minimum Gasteiger partial charge on any atom is -0.505 e. The summed E-state index contributed by atoms with van der Waals surface area (Å²) in [7, 11) is 0. The number of phenols is 1. The quantitative estimate of drug-likeness (QED) is 0.0727. The first-order valence-corrected chi connectivity index (χ1v) is 13.8. The van der Waals surface area contributed by atoms with Crippen molar-refractivity contribution in [1.29, 1.82) is 0 Å². The molecule has 0 spiro atoms. The maximum Gasteiger partial charge on any atom is 0.336 e. The molecule has 0 amide bonds. The third-order valence-electron chi connectivity index (χ3n) is 4.85. The third kappa shape index (κ3) is 4.43. The minimum absolute atomic E-state index is 0.0677. The highest BCUT2D eigenvalue weighted by Crippen LogP contribution is 2.49. The molecular formula is C22H9Br4IO7.